The number of hydrazone groups is 1. The number of para-hydroxylation sites is 1. The van der Waals surface area contributed by atoms with Gasteiger partial charge in [-0.1, -0.05) is 24.3 Å². The third-order valence-electron chi connectivity index (χ3n) is 5.11. The van der Waals surface area contributed by atoms with Crippen LogP contribution in [0.1, 0.15) is 28.1 Å². The molecule has 0 saturated carbocycles. The average molecular weight is 472 g/mol. The Morgan fingerprint density at radius 3 is 2.38 bits per heavy atom. The highest BCUT2D eigenvalue weighted by Gasteiger charge is 2.34. The largest absolute Gasteiger partial charge is 0.497 e. The molecule has 0 aliphatic heterocycles. The number of carbonyl (C=O) groups is 2. The van der Waals surface area contributed by atoms with E-state index in [0.29, 0.717) is 22.7 Å². The monoisotopic (exact) mass is 472 g/mol. The van der Waals surface area contributed by atoms with Crippen molar-refractivity contribution in [3.8, 4) is 11.4 Å². The normalized spacial score (nSPS) is 11.5. The van der Waals surface area contributed by atoms with E-state index in [1.807, 2.05) is 0 Å². The number of ether oxygens (including phenoxy) is 1. The van der Waals surface area contributed by atoms with Gasteiger partial charge in [0.25, 0.3) is 0 Å². The summed E-state index contributed by atoms with van der Waals surface area (Å²) in [6, 6.07) is 13.9. The quantitative estimate of drug-likeness (QED) is 0.324. The Balaban J connectivity index is 1.66. The smallest absolute Gasteiger partial charge is 0.418 e. The molecular weight excluding hydrogens is 449 g/mol. The van der Waals surface area contributed by atoms with Crippen molar-refractivity contribution in [2.75, 3.05) is 7.11 Å². The van der Waals surface area contributed by atoms with Gasteiger partial charge in [-0.15, -0.1) is 0 Å². The first kappa shape index (κ1) is 24.6. The molecule has 0 spiro atoms. The maximum absolute atomic E-state index is 13.4. The van der Waals surface area contributed by atoms with Crippen molar-refractivity contribution in [1.29, 1.82) is 0 Å². The molecule has 178 valence electrons. The number of carbonyl (C=O) groups excluding carboxylic acids is 2. The van der Waals surface area contributed by atoms with Gasteiger partial charge >= 0.3 is 18.0 Å². The summed E-state index contributed by atoms with van der Waals surface area (Å²) < 4.78 is 46.9. The molecule has 3 aromatic rings. The first-order valence-electron chi connectivity index (χ1n) is 10.2. The SMILES string of the molecule is COc1ccc(CNC(=O)C(=O)N/N=C\c2cc(C)n(-c3ccccc3C(F)(F)F)c2C)cc1. The molecule has 2 N–H and O–H groups in total. The number of benzene rings is 2. The van der Waals surface area contributed by atoms with Gasteiger partial charge in [-0.2, -0.15) is 18.3 Å². The molecule has 0 aliphatic carbocycles. The summed E-state index contributed by atoms with van der Waals surface area (Å²) in [6.07, 6.45) is -3.23. The van der Waals surface area contributed by atoms with Crippen LogP contribution >= 0.6 is 0 Å². The minimum absolute atomic E-state index is 0.00778. The number of alkyl halides is 3. The number of halogens is 3. The lowest BCUT2D eigenvalue weighted by Crippen LogP contribution is -2.37. The number of nitrogens with one attached hydrogen (secondary N) is 2. The van der Waals surface area contributed by atoms with Gasteiger partial charge in [0, 0.05) is 23.5 Å². The van der Waals surface area contributed by atoms with Crippen molar-refractivity contribution in [2.45, 2.75) is 26.6 Å². The van der Waals surface area contributed by atoms with Crippen molar-refractivity contribution in [3.05, 3.63) is 82.7 Å². The molecule has 0 fully saturated rings. The van der Waals surface area contributed by atoms with Gasteiger partial charge < -0.3 is 14.6 Å². The standard InChI is InChI=1S/C24H23F3N4O3/c1-15-12-18(16(2)31(15)21-7-5-4-6-20(21)24(25,26)27)14-29-30-23(33)22(32)28-13-17-8-10-19(34-3)11-9-17/h4-12,14H,13H2,1-3H3,(H,28,32)(H,30,33)/b29-14-. The first-order chi connectivity index (χ1) is 16.1. The van der Waals surface area contributed by atoms with E-state index in [4.69, 9.17) is 4.74 Å². The number of rotatable bonds is 6. The zero-order valence-electron chi connectivity index (χ0n) is 18.7. The van der Waals surface area contributed by atoms with Crippen LogP contribution in [0.25, 0.3) is 5.69 Å². The van der Waals surface area contributed by atoms with E-state index < -0.39 is 23.6 Å². The van der Waals surface area contributed by atoms with Gasteiger partial charge in [0.1, 0.15) is 5.75 Å². The molecule has 34 heavy (non-hydrogen) atoms. The van der Waals surface area contributed by atoms with Gasteiger partial charge in [-0.25, -0.2) is 5.43 Å². The Morgan fingerprint density at radius 2 is 1.74 bits per heavy atom. The summed E-state index contributed by atoms with van der Waals surface area (Å²) >= 11 is 0. The van der Waals surface area contributed by atoms with E-state index in [0.717, 1.165) is 11.6 Å². The third kappa shape index (κ3) is 5.64. The number of aryl methyl sites for hydroxylation is 1. The summed E-state index contributed by atoms with van der Waals surface area (Å²) in [5.41, 5.74) is 3.68. The summed E-state index contributed by atoms with van der Waals surface area (Å²) in [5.74, 6) is -1.18. The van der Waals surface area contributed by atoms with Crippen molar-refractivity contribution in [1.82, 2.24) is 15.3 Å². The number of methoxy groups -OCH3 is 1. The lowest BCUT2D eigenvalue weighted by atomic mass is 10.1. The summed E-state index contributed by atoms with van der Waals surface area (Å²) in [4.78, 5) is 24.0. The highest BCUT2D eigenvalue weighted by molar-refractivity contribution is 6.35. The van der Waals surface area contributed by atoms with E-state index in [1.165, 1.54) is 29.0 Å². The van der Waals surface area contributed by atoms with Crippen LogP contribution in [0.4, 0.5) is 13.2 Å². The lowest BCUT2D eigenvalue weighted by Gasteiger charge is -2.16. The molecule has 3 rings (SSSR count). The Bertz CT molecular complexity index is 1220. The second-order valence-electron chi connectivity index (χ2n) is 7.41. The molecule has 0 unspecified atom stereocenters. The maximum atomic E-state index is 13.4. The van der Waals surface area contributed by atoms with E-state index in [2.05, 4.69) is 15.8 Å². The van der Waals surface area contributed by atoms with Crippen LogP contribution in [0.15, 0.2) is 59.7 Å². The Labute approximate surface area is 194 Å². The zero-order valence-corrected chi connectivity index (χ0v) is 18.7. The van der Waals surface area contributed by atoms with Gasteiger partial charge in [0.15, 0.2) is 0 Å². The van der Waals surface area contributed by atoms with Gasteiger partial charge in [0.2, 0.25) is 0 Å². The van der Waals surface area contributed by atoms with Gasteiger partial charge in [0.05, 0.1) is 24.6 Å². The molecule has 0 saturated heterocycles. The summed E-state index contributed by atoms with van der Waals surface area (Å²) in [7, 11) is 1.54. The van der Waals surface area contributed by atoms with E-state index >= 15 is 0 Å². The van der Waals surface area contributed by atoms with Crippen LogP contribution in [0.2, 0.25) is 0 Å². The molecule has 0 bridgehead atoms. The molecule has 7 nitrogen and oxygen atoms in total. The van der Waals surface area contributed by atoms with Crippen LogP contribution in [0.3, 0.4) is 0 Å². The van der Waals surface area contributed by atoms with Crippen LogP contribution in [-0.2, 0) is 22.3 Å². The first-order valence-corrected chi connectivity index (χ1v) is 10.2. The van der Waals surface area contributed by atoms with Crippen molar-refractivity contribution >= 4 is 18.0 Å². The van der Waals surface area contributed by atoms with Crippen molar-refractivity contribution < 1.29 is 27.5 Å². The molecule has 0 radical (unpaired) electrons. The van der Waals surface area contributed by atoms with Crippen LogP contribution in [-0.4, -0.2) is 29.7 Å². The molecule has 10 heteroatoms. The van der Waals surface area contributed by atoms with E-state index in [9.17, 15) is 22.8 Å². The molecular formula is C24H23F3N4O3. The third-order valence-corrected chi connectivity index (χ3v) is 5.11. The van der Waals surface area contributed by atoms with E-state index in [-0.39, 0.29) is 12.2 Å². The predicted molar refractivity (Wildman–Crippen MR) is 121 cm³/mol. The molecule has 2 amide bonds. The number of nitrogens with zero attached hydrogens (tertiary/aromatic N) is 2. The predicted octanol–water partition coefficient (Wildman–Crippen LogP) is 3.89. The second kappa shape index (κ2) is 10.2. The number of hydrogen-bond acceptors (Lipinski definition) is 4. The number of aromatic nitrogens is 1. The molecule has 0 atom stereocenters. The summed E-state index contributed by atoms with van der Waals surface area (Å²) in [5, 5.41) is 6.26. The lowest BCUT2D eigenvalue weighted by molar-refractivity contribution is -0.139. The maximum Gasteiger partial charge on any atom is 0.418 e. The average Bonchev–Trinajstić information content (AvgIpc) is 3.09. The molecule has 1 heterocycles. The van der Waals surface area contributed by atoms with Gasteiger partial charge in [-0.3, -0.25) is 9.59 Å². The highest BCUT2D eigenvalue weighted by atomic mass is 19.4. The Kier molecular flexibility index (Phi) is 7.40. The van der Waals surface area contributed by atoms with E-state index in [1.54, 1.807) is 51.3 Å². The number of amides is 2. The highest BCUT2D eigenvalue weighted by Crippen LogP contribution is 2.35. The Hall–Kier alpha value is -4.08. The number of hydrogen-bond donors (Lipinski definition) is 2. The minimum Gasteiger partial charge on any atom is -0.497 e. The van der Waals surface area contributed by atoms with Crippen LogP contribution in [0, 0.1) is 13.8 Å². The van der Waals surface area contributed by atoms with Gasteiger partial charge in [-0.05, 0) is 49.7 Å². The van der Waals surface area contributed by atoms with Crippen LogP contribution in [0.5, 0.6) is 5.75 Å². The molecule has 1 aromatic heterocycles. The summed E-state index contributed by atoms with van der Waals surface area (Å²) in [6.45, 7) is 3.45. The second-order valence-corrected chi connectivity index (χ2v) is 7.41. The van der Waals surface area contributed by atoms with Crippen molar-refractivity contribution in [3.63, 3.8) is 0 Å². The van der Waals surface area contributed by atoms with Crippen molar-refractivity contribution in [2.24, 2.45) is 5.10 Å². The molecule has 2 aromatic carbocycles. The fourth-order valence-corrected chi connectivity index (χ4v) is 3.41. The fraction of sp³-hybridized carbons (Fsp3) is 0.208. The fourth-order valence-electron chi connectivity index (χ4n) is 3.41. The minimum atomic E-state index is -4.51. The van der Waals surface area contributed by atoms with Crippen LogP contribution < -0.4 is 15.5 Å². The molecule has 0 aliphatic rings. The zero-order chi connectivity index (χ0) is 24.9. The topological polar surface area (TPSA) is 84.7 Å². The Morgan fingerprint density at radius 1 is 1.06 bits per heavy atom.